The standard InChI is InChI=1S/C12H20N4O.ClH/c1-16(8-10-3-4-13-7-10)9-11-12(17-2)15-6-5-14-11;/h5-6,10,13H,3-4,7-9H2,1-2H3;1H. The van der Waals surface area contributed by atoms with Crippen molar-refractivity contribution < 1.29 is 4.74 Å². The third-order valence-corrected chi connectivity index (χ3v) is 3.08. The van der Waals surface area contributed by atoms with E-state index in [4.69, 9.17) is 4.74 Å². The topological polar surface area (TPSA) is 50.3 Å². The summed E-state index contributed by atoms with van der Waals surface area (Å²) in [5.41, 5.74) is 0.906. The summed E-state index contributed by atoms with van der Waals surface area (Å²) in [6.45, 7) is 4.15. The van der Waals surface area contributed by atoms with Gasteiger partial charge in [-0.25, -0.2) is 4.98 Å². The SMILES string of the molecule is COc1nccnc1CN(C)CC1CCNC1.Cl. The summed E-state index contributed by atoms with van der Waals surface area (Å²) >= 11 is 0. The van der Waals surface area contributed by atoms with Crippen molar-refractivity contribution in [2.45, 2.75) is 13.0 Å². The first-order chi connectivity index (χ1) is 8.29. The lowest BCUT2D eigenvalue weighted by atomic mass is 10.1. The maximum Gasteiger partial charge on any atom is 0.236 e. The van der Waals surface area contributed by atoms with Crippen LogP contribution in [0.5, 0.6) is 5.88 Å². The first kappa shape index (κ1) is 15.1. The molecule has 1 aliphatic heterocycles. The Balaban J connectivity index is 0.00000162. The molecule has 102 valence electrons. The number of nitrogens with one attached hydrogen (secondary N) is 1. The molecule has 1 aromatic rings. The first-order valence-corrected chi connectivity index (χ1v) is 6.02. The van der Waals surface area contributed by atoms with E-state index >= 15 is 0 Å². The van der Waals surface area contributed by atoms with Gasteiger partial charge in [-0.2, -0.15) is 0 Å². The minimum absolute atomic E-state index is 0. The molecule has 2 rings (SSSR count). The summed E-state index contributed by atoms with van der Waals surface area (Å²) in [6.07, 6.45) is 4.63. The Labute approximate surface area is 114 Å². The lowest BCUT2D eigenvalue weighted by Gasteiger charge is -2.20. The number of aromatic nitrogens is 2. The molecular weight excluding hydrogens is 252 g/mol. The molecule has 1 saturated heterocycles. The second-order valence-electron chi connectivity index (χ2n) is 4.57. The molecule has 0 aliphatic carbocycles. The highest BCUT2D eigenvalue weighted by Crippen LogP contribution is 2.15. The molecule has 1 N–H and O–H groups in total. The molecule has 2 heterocycles. The molecule has 6 heteroatoms. The lowest BCUT2D eigenvalue weighted by molar-refractivity contribution is 0.268. The smallest absolute Gasteiger partial charge is 0.236 e. The Kier molecular flexibility index (Phi) is 6.32. The van der Waals surface area contributed by atoms with E-state index < -0.39 is 0 Å². The van der Waals surface area contributed by atoms with Gasteiger partial charge in [-0.05, 0) is 32.5 Å². The van der Waals surface area contributed by atoms with Gasteiger partial charge in [-0.1, -0.05) is 0 Å². The molecule has 0 saturated carbocycles. The molecule has 0 radical (unpaired) electrons. The highest BCUT2D eigenvalue weighted by molar-refractivity contribution is 5.85. The van der Waals surface area contributed by atoms with Crippen LogP contribution in [0.3, 0.4) is 0 Å². The second kappa shape index (κ2) is 7.51. The highest BCUT2D eigenvalue weighted by Gasteiger charge is 2.17. The van der Waals surface area contributed by atoms with Gasteiger partial charge in [0.25, 0.3) is 0 Å². The van der Waals surface area contributed by atoms with Gasteiger partial charge in [0.05, 0.1) is 7.11 Å². The van der Waals surface area contributed by atoms with Crippen molar-refractivity contribution in [1.29, 1.82) is 0 Å². The van der Waals surface area contributed by atoms with Crippen molar-refractivity contribution >= 4 is 12.4 Å². The van der Waals surface area contributed by atoms with Gasteiger partial charge in [0, 0.05) is 25.5 Å². The van der Waals surface area contributed by atoms with Crippen molar-refractivity contribution in [2.24, 2.45) is 5.92 Å². The molecule has 0 bridgehead atoms. The zero-order valence-electron chi connectivity index (χ0n) is 10.9. The molecule has 1 fully saturated rings. The van der Waals surface area contributed by atoms with E-state index in [1.54, 1.807) is 19.5 Å². The minimum Gasteiger partial charge on any atom is -0.480 e. The molecule has 0 spiro atoms. The van der Waals surface area contributed by atoms with E-state index in [9.17, 15) is 0 Å². The Bertz CT molecular complexity index is 358. The van der Waals surface area contributed by atoms with E-state index in [-0.39, 0.29) is 12.4 Å². The molecular formula is C12H21ClN4O. The van der Waals surface area contributed by atoms with Crippen LogP contribution >= 0.6 is 12.4 Å². The van der Waals surface area contributed by atoms with Crippen LogP contribution in [0.2, 0.25) is 0 Å². The van der Waals surface area contributed by atoms with Crippen molar-refractivity contribution in [3.63, 3.8) is 0 Å². The summed E-state index contributed by atoms with van der Waals surface area (Å²) in [7, 11) is 3.75. The Morgan fingerprint density at radius 2 is 2.22 bits per heavy atom. The number of nitrogens with zero attached hydrogens (tertiary/aromatic N) is 3. The fourth-order valence-corrected chi connectivity index (χ4v) is 2.26. The molecule has 0 aromatic carbocycles. The predicted molar refractivity (Wildman–Crippen MR) is 73.1 cm³/mol. The third kappa shape index (κ3) is 4.08. The van der Waals surface area contributed by atoms with Crippen molar-refractivity contribution in [1.82, 2.24) is 20.2 Å². The Morgan fingerprint density at radius 3 is 2.89 bits per heavy atom. The molecule has 0 amide bonds. The van der Waals surface area contributed by atoms with Gasteiger partial charge in [-0.3, -0.25) is 4.98 Å². The van der Waals surface area contributed by atoms with Gasteiger partial charge in [0.15, 0.2) is 0 Å². The summed E-state index contributed by atoms with van der Waals surface area (Å²) in [6, 6.07) is 0. The van der Waals surface area contributed by atoms with Crippen LogP contribution in [0, 0.1) is 5.92 Å². The van der Waals surface area contributed by atoms with Crippen LogP contribution in [0.1, 0.15) is 12.1 Å². The summed E-state index contributed by atoms with van der Waals surface area (Å²) < 4.78 is 5.20. The predicted octanol–water partition coefficient (Wildman–Crippen LogP) is 0.948. The summed E-state index contributed by atoms with van der Waals surface area (Å²) in [4.78, 5) is 10.8. The molecule has 18 heavy (non-hydrogen) atoms. The average Bonchev–Trinajstić information content (AvgIpc) is 2.82. The van der Waals surface area contributed by atoms with Gasteiger partial charge < -0.3 is 15.0 Å². The molecule has 1 aliphatic rings. The molecule has 1 unspecified atom stereocenters. The van der Waals surface area contributed by atoms with Crippen molar-refractivity contribution in [3.8, 4) is 5.88 Å². The van der Waals surface area contributed by atoms with E-state index in [1.807, 2.05) is 0 Å². The Morgan fingerprint density at radius 1 is 1.44 bits per heavy atom. The zero-order chi connectivity index (χ0) is 12.1. The van der Waals surface area contributed by atoms with Gasteiger partial charge in [-0.15, -0.1) is 12.4 Å². The molecule has 1 aromatic heterocycles. The maximum absolute atomic E-state index is 5.20. The largest absolute Gasteiger partial charge is 0.480 e. The summed E-state index contributed by atoms with van der Waals surface area (Å²) in [5, 5.41) is 3.38. The van der Waals surface area contributed by atoms with E-state index in [2.05, 4.69) is 27.2 Å². The number of ether oxygens (including phenoxy) is 1. The second-order valence-corrected chi connectivity index (χ2v) is 4.57. The molecule has 5 nitrogen and oxygen atoms in total. The van der Waals surface area contributed by atoms with Crippen LogP contribution < -0.4 is 10.1 Å². The number of hydrogen-bond donors (Lipinski definition) is 1. The van der Waals surface area contributed by atoms with Gasteiger partial charge >= 0.3 is 0 Å². The number of methoxy groups -OCH3 is 1. The number of rotatable bonds is 5. The van der Waals surface area contributed by atoms with Crippen LogP contribution in [-0.4, -0.2) is 48.7 Å². The van der Waals surface area contributed by atoms with E-state index in [1.165, 1.54) is 6.42 Å². The molecule has 1 atom stereocenters. The zero-order valence-corrected chi connectivity index (χ0v) is 11.7. The van der Waals surface area contributed by atoms with Crippen LogP contribution in [-0.2, 0) is 6.54 Å². The van der Waals surface area contributed by atoms with E-state index in [0.717, 1.165) is 37.8 Å². The fourth-order valence-electron chi connectivity index (χ4n) is 2.26. The number of halogens is 1. The van der Waals surface area contributed by atoms with Crippen LogP contribution in [0.25, 0.3) is 0 Å². The van der Waals surface area contributed by atoms with Gasteiger partial charge in [0.1, 0.15) is 5.69 Å². The highest BCUT2D eigenvalue weighted by atomic mass is 35.5. The van der Waals surface area contributed by atoms with Crippen LogP contribution in [0.15, 0.2) is 12.4 Å². The quantitative estimate of drug-likeness (QED) is 0.865. The van der Waals surface area contributed by atoms with Gasteiger partial charge in [0.2, 0.25) is 5.88 Å². The lowest BCUT2D eigenvalue weighted by Crippen LogP contribution is -2.27. The van der Waals surface area contributed by atoms with Crippen molar-refractivity contribution in [3.05, 3.63) is 18.1 Å². The average molecular weight is 273 g/mol. The minimum atomic E-state index is 0. The van der Waals surface area contributed by atoms with Crippen molar-refractivity contribution in [2.75, 3.05) is 33.8 Å². The normalized spacial score (nSPS) is 18.7. The van der Waals surface area contributed by atoms with E-state index in [0.29, 0.717) is 5.88 Å². The maximum atomic E-state index is 5.20. The Hall–Kier alpha value is -0.910. The van der Waals surface area contributed by atoms with Crippen LogP contribution in [0.4, 0.5) is 0 Å². The first-order valence-electron chi connectivity index (χ1n) is 6.02. The monoisotopic (exact) mass is 272 g/mol. The third-order valence-electron chi connectivity index (χ3n) is 3.08. The summed E-state index contributed by atoms with van der Waals surface area (Å²) in [5.74, 6) is 1.38. The number of hydrogen-bond acceptors (Lipinski definition) is 5. The fraction of sp³-hybridized carbons (Fsp3) is 0.667.